The Balaban J connectivity index is 2.33. The molecule has 0 aliphatic heterocycles. The molecule has 0 aliphatic carbocycles. The molecule has 6 heteroatoms. The number of hydrogen-bond donors (Lipinski definition) is 2. The monoisotopic (exact) mass is 272 g/mol. The molecular formula is C14H16N4O2. The third kappa shape index (κ3) is 3.03. The molecule has 0 amide bonds. The molecule has 104 valence electrons. The van der Waals surface area contributed by atoms with Crippen LogP contribution in [0.5, 0.6) is 11.8 Å². The third-order valence-electron chi connectivity index (χ3n) is 2.89. The summed E-state index contributed by atoms with van der Waals surface area (Å²) in [6.07, 6.45) is 0. The van der Waals surface area contributed by atoms with Gasteiger partial charge in [-0.25, -0.2) is 4.98 Å². The Morgan fingerprint density at radius 3 is 2.55 bits per heavy atom. The van der Waals surface area contributed by atoms with Crippen molar-refractivity contribution < 1.29 is 9.94 Å². The molecule has 2 rings (SSSR count). The summed E-state index contributed by atoms with van der Waals surface area (Å²) in [6.45, 7) is 5.81. The topological polar surface area (TPSA) is 93.6 Å². The second-order valence-corrected chi connectivity index (χ2v) is 4.51. The number of ether oxygens (including phenoxy) is 1. The fraction of sp³-hybridized carbons (Fsp3) is 0.214. The van der Waals surface area contributed by atoms with E-state index in [0.717, 1.165) is 5.56 Å². The molecule has 0 saturated heterocycles. The average molecular weight is 272 g/mol. The summed E-state index contributed by atoms with van der Waals surface area (Å²) in [4.78, 5) is 8.27. The lowest BCUT2D eigenvalue weighted by molar-refractivity contribution is 0.318. The lowest BCUT2D eigenvalue weighted by Crippen LogP contribution is -2.16. The van der Waals surface area contributed by atoms with Crippen molar-refractivity contribution in [2.75, 3.05) is 0 Å². The smallest absolute Gasteiger partial charge is 0.322 e. The molecule has 1 heterocycles. The molecule has 0 atom stereocenters. The van der Waals surface area contributed by atoms with E-state index in [-0.39, 0.29) is 11.8 Å². The maximum Gasteiger partial charge on any atom is 0.322 e. The summed E-state index contributed by atoms with van der Waals surface area (Å²) in [7, 11) is 0. The van der Waals surface area contributed by atoms with Crippen LogP contribution in [0.2, 0.25) is 0 Å². The summed E-state index contributed by atoms with van der Waals surface area (Å²) < 4.78 is 5.62. The summed E-state index contributed by atoms with van der Waals surface area (Å²) in [5, 5.41) is 11.6. The van der Waals surface area contributed by atoms with Crippen molar-refractivity contribution in [1.82, 2.24) is 9.97 Å². The van der Waals surface area contributed by atoms with Crippen LogP contribution in [0, 0.1) is 20.8 Å². The van der Waals surface area contributed by atoms with E-state index >= 15 is 0 Å². The number of hydrogen-bond acceptors (Lipinski definition) is 5. The average Bonchev–Trinajstić information content (AvgIpc) is 2.41. The van der Waals surface area contributed by atoms with Crippen LogP contribution in [0.15, 0.2) is 29.4 Å². The first-order valence-electron chi connectivity index (χ1n) is 6.08. The van der Waals surface area contributed by atoms with Gasteiger partial charge < -0.3 is 15.7 Å². The van der Waals surface area contributed by atoms with Crippen LogP contribution < -0.4 is 10.5 Å². The largest absolute Gasteiger partial charge is 0.424 e. The zero-order chi connectivity index (χ0) is 14.7. The van der Waals surface area contributed by atoms with Crippen LogP contribution in [0.4, 0.5) is 0 Å². The zero-order valence-electron chi connectivity index (χ0n) is 11.6. The Labute approximate surface area is 116 Å². The predicted molar refractivity (Wildman–Crippen MR) is 75.3 cm³/mol. The molecule has 0 aliphatic rings. The van der Waals surface area contributed by atoms with Crippen LogP contribution in [0.3, 0.4) is 0 Å². The quantitative estimate of drug-likeness (QED) is 0.387. The van der Waals surface area contributed by atoms with Crippen LogP contribution in [-0.4, -0.2) is 21.0 Å². The maximum absolute atomic E-state index is 8.69. The first kappa shape index (κ1) is 13.8. The molecule has 0 fully saturated rings. The predicted octanol–water partition coefficient (Wildman–Crippen LogP) is 2.29. The normalized spacial score (nSPS) is 11.4. The lowest BCUT2D eigenvalue weighted by atomic mass is 10.1. The molecule has 2 aromatic rings. The number of nitrogens with two attached hydrogens (primary N) is 1. The number of amidine groups is 1. The highest BCUT2D eigenvalue weighted by Crippen LogP contribution is 2.21. The van der Waals surface area contributed by atoms with E-state index in [1.165, 1.54) is 5.56 Å². The van der Waals surface area contributed by atoms with Crippen molar-refractivity contribution in [2.24, 2.45) is 10.9 Å². The number of nitrogens with zero attached hydrogens (tertiary/aromatic N) is 3. The fourth-order valence-electron chi connectivity index (χ4n) is 1.65. The van der Waals surface area contributed by atoms with Crippen LogP contribution in [0.25, 0.3) is 0 Å². The van der Waals surface area contributed by atoms with E-state index in [2.05, 4.69) is 15.1 Å². The molecule has 0 bridgehead atoms. The van der Waals surface area contributed by atoms with Gasteiger partial charge in [0.05, 0.1) is 0 Å². The van der Waals surface area contributed by atoms with Crippen LogP contribution in [-0.2, 0) is 0 Å². The number of oxime groups is 1. The summed E-state index contributed by atoms with van der Waals surface area (Å²) >= 11 is 0. The second kappa shape index (κ2) is 5.56. The van der Waals surface area contributed by atoms with E-state index in [4.69, 9.17) is 15.7 Å². The Morgan fingerprint density at radius 1 is 1.15 bits per heavy atom. The highest BCUT2D eigenvalue weighted by atomic mass is 16.5. The van der Waals surface area contributed by atoms with Gasteiger partial charge >= 0.3 is 6.01 Å². The van der Waals surface area contributed by atoms with Crippen molar-refractivity contribution in [3.8, 4) is 11.8 Å². The van der Waals surface area contributed by atoms with Gasteiger partial charge in [-0.3, -0.25) is 0 Å². The van der Waals surface area contributed by atoms with Crippen molar-refractivity contribution in [1.29, 1.82) is 0 Å². The van der Waals surface area contributed by atoms with Gasteiger partial charge in [-0.1, -0.05) is 11.2 Å². The Morgan fingerprint density at radius 2 is 1.90 bits per heavy atom. The van der Waals surface area contributed by atoms with Gasteiger partial charge in [0.25, 0.3) is 0 Å². The molecular weight excluding hydrogens is 256 g/mol. The molecule has 6 nitrogen and oxygen atoms in total. The van der Waals surface area contributed by atoms with Gasteiger partial charge in [-0.05, 0) is 50.1 Å². The van der Waals surface area contributed by atoms with Crippen LogP contribution >= 0.6 is 0 Å². The molecule has 20 heavy (non-hydrogen) atoms. The highest BCUT2D eigenvalue weighted by molar-refractivity contribution is 5.95. The van der Waals surface area contributed by atoms with Crippen LogP contribution in [0.1, 0.15) is 22.5 Å². The number of benzene rings is 1. The first-order valence-corrected chi connectivity index (χ1v) is 6.08. The van der Waals surface area contributed by atoms with Crippen molar-refractivity contribution >= 4 is 5.84 Å². The third-order valence-corrected chi connectivity index (χ3v) is 2.89. The van der Waals surface area contributed by atoms with Gasteiger partial charge in [0.2, 0.25) is 0 Å². The molecule has 0 radical (unpaired) electrons. The van der Waals surface area contributed by atoms with E-state index in [0.29, 0.717) is 17.1 Å². The molecule has 1 aromatic heterocycles. The van der Waals surface area contributed by atoms with Gasteiger partial charge in [0, 0.05) is 5.69 Å². The van der Waals surface area contributed by atoms with E-state index in [1.54, 1.807) is 13.0 Å². The van der Waals surface area contributed by atoms with Gasteiger partial charge in [-0.2, -0.15) is 4.98 Å². The molecule has 0 unspecified atom stereocenters. The summed E-state index contributed by atoms with van der Waals surface area (Å²) in [5.41, 5.74) is 8.81. The standard InChI is InChI=1S/C14H16N4O2/c1-8-4-5-11(6-9(8)2)20-14-16-10(3)7-12(17-14)13(15)18-19/h4-7,19H,1-3H3,(H2,15,18). The fourth-order valence-corrected chi connectivity index (χ4v) is 1.65. The van der Waals surface area contributed by atoms with Crippen molar-refractivity contribution in [3.63, 3.8) is 0 Å². The number of rotatable bonds is 3. The van der Waals surface area contributed by atoms with E-state index in [1.807, 2.05) is 32.0 Å². The second-order valence-electron chi connectivity index (χ2n) is 4.51. The lowest BCUT2D eigenvalue weighted by Gasteiger charge is -2.08. The Hall–Kier alpha value is -2.63. The van der Waals surface area contributed by atoms with Gasteiger partial charge in [0.1, 0.15) is 11.4 Å². The van der Waals surface area contributed by atoms with E-state index in [9.17, 15) is 0 Å². The minimum atomic E-state index is -0.0829. The molecule has 0 saturated carbocycles. The molecule has 3 N–H and O–H groups in total. The van der Waals surface area contributed by atoms with E-state index < -0.39 is 0 Å². The van der Waals surface area contributed by atoms with Crippen molar-refractivity contribution in [3.05, 3.63) is 46.8 Å². The zero-order valence-corrected chi connectivity index (χ0v) is 11.6. The Kier molecular flexibility index (Phi) is 3.84. The minimum absolute atomic E-state index is 0.0829. The van der Waals surface area contributed by atoms with Crippen molar-refractivity contribution in [2.45, 2.75) is 20.8 Å². The Bertz CT molecular complexity index is 668. The summed E-state index contributed by atoms with van der Waals surface area (Å²) in [5.74, 6) is 0.560. The number of aromatic nitrogens is 2. The maximum atomic E-state index is 8.69. The molecule has 1 aromatic carbocycles. The first-order chi connectivity index (χ1) is 9.49. The SMILES string of the molecule is Cc1cc(/C(N)=N/O)nc(Oc2ccc(C)c(C)c2)n1. The number of aryl methyl sites for hydroxylation is 3. The highest BCUT2D eigenvalue weighted by Gasteiger charge is 2.08. The van der Waals surface area contributed by atoms with Gasteiger partial charge in [0.15, 0.2) is 5.84 Å². The van der Waals surface area contributed by atoms with Gasteiger partial charge in [-0.15, -0.1) is 0 Å². The minimum Gasteiger partial charge on any atom is -0.424 e. The molecule has 0 spiro atoms. The summed E-state index contributed by atoms with van der Waals surface area (Å²) in [6, 6.07) is 7.49.